The van der Waals surface area contributed by atoms with E-state index in [2.05, 4.69) is 17.6 Å². The number of nitrogens with zero attached hydrogens (tertiary/aromatic N) is 1. The van der Waals surface area contributed by atoms with Gasteiger partial charge in [0.25, 0.3) is 0 Å². The van der Waals surface area contributed by atoms with Gasteiger partial charge in [-0.2, -0.15) is 0 Å². The summed E-state index contributed by atoms with van der Waals surface area (Å²) in [4.78, 5) is 4.62. The molecule has 2 atom stereocenters. The van der Waals surface area contributed by atoms with Crippen molar-refractivity contribution in [3.8, 4) is 0 Å². The van der Waals surface area contributed by atoms with Crippen LogP contribution in [0.25, 0.3) is 0 Å². The molecule has 1 nitrogen and oxygen atoms in total. The van der Waals surface area contributed by atoms with Crippen molar-refractivity contribution in [1.29, 1.82) is 0 Å². The SMILES string of the molecule is SC1=NC2CCCCCCCC(C2)S1. The lowest BCUT2D eigenvalue weighted by molar-refractivity contribution is 0.467. The van der Waals surface area contributed by atoms with Crippen LogP contribution in [0.2, 0.25) is 0 Å². The molecule has 80 valence electrons. The predicted octanol–water partition coefficient (Wildman–Crippen LogP) is 3.89. The number of hydrogen-bond donors (Lipinski definition) is 1. The van der Waals surface area contributed by atoms with Crippen LogP contribution < -0.4 is 0 Å². The molecule has 0 N–H and O–H groups in total. The van der Waals surface area contributed by atoms with Gasteiger partial charge in [-0.15, -0.1) is 12.6 Å². The highest BCUT2D eigenvalue weighted by molar-refractivity contribution is 8.32. The van der Waals surface area contributed by atoms with Crippen LogP contribution in [0.15, 0.2) is 4.99 Å². The summed E-state index contributed by atoms with van der Waals surface area (Å²) in [6, 6.07) is 0.590. The highest BCUT2D eigenvalue weighted by Crippen LogP contribution is 2.33. The molecule has 14 heavy (non-hydrogen) atoms. The van der Waals surface area contributed by atoms with Gasteiger partial charge < -0.3 is 0 Å². The Bertz CT molecular complexity index is 215. The molecule has 1 heterocycles. The van der Waals surface area contributed by atoms with Gasteiger partial charge in [-0.25, -0.2) is 0 Å². The fourth-order valence-corrected chi connectivity index (χ4v) is 4.10. The summed E-state index contributed by atoms with van der Waals surface area (Å²) in [6.07, 6.45) is 11.0. The summed E-state index contributed by atoms with van der Waals surface area (Å²) in [7, 11) is 0. The zero-order valence-electron chi connectivity index (χ0n) is 8.61. The van der Waals surface area contributed by atoms with Gasteiger partial charge in [0, 0.05) is 5.25 Å². The highest BCUT2D eigenvalue weighted by atomic mass is 32.2. The minimum atomic E-state index is 0.590. The van der Waals surface area contributed by atoms with Crippen molar-refractivity contribution >= 4 is 28.8 Å². The van der Waals surface area contributed by atoms with Crippen molar-refractivity contribution in [3.05, 3.63) is 0 Å². The van der Waals surface area contributed by atoms with Gasteiger partial charge in [0.1, 0.15) is 4.38 Å². The van der Waals surface area contributed by atoms with Gasteiger partial charge in [0.2, 0.25) is 0 Å². The van der Waals surface area contributed by atoms with Crippen LogP contribution in [0.4, 0.5) is 0 Å². The van der Waals surface area contributed by atoms with Crippen molar-refractivity contribution in [2.24, 2.45) is 4.99 Å². The number of thiol groups is 1. The Balaban J connectivity index is 1.96. The van der Waals surface area contributed by atoms with Crippen LogP contribution >= 0.6 is 24.4 Å². The van der Waals surface area contributed by atoms with Gasteiger partial charge in [-0.3, -0.25) is 4.99 Å². The molecule has 2 bridgehead atoms. The molecule has 1 aliphatic heterocycles. The van der Waals surface area contributed by atoms with Gasteiger partial charge in [-0.05, 0) is 19.3 Å². The topological polar surface area (TPSA) is 12.4 Å². The second kappa shape index (κ2) is 5.45. The van der Waals surface area contributed by atoms with Gasteiger partial charge in [-0.1, -0.05) is 43.9 Å². The summed E-state index contributed by atoms with van der Waals surface area (Å²) in [5.41, 5.74) is 0. The lowest BCUT2D eigenvalue weighted by atomic mass is 9.97. The molecule has 0 aromatic carbocycles. The molecule has 0 radical (unpaired) electrons. The third kappa shape index (κ3) is 3.20. The van der Waals surface area contributed by atoms with E-state index in [1.54, 1.807) is 0 Å². The van der Waals surface area contributed by atoms with E-state index in [9.17, 15) is 0 Å². The highest BCUT2D eigenvalue weighted by Gasteiger charge is 2.23. The third-order valence-electron chi connectivity index (χ3n) is 3.16. The molecule has 3 heteroatoms. The van der Waals surface area contributed by atoms with Crippen molar-refractivity contribution in [2.75, 3.05) is 0 Å². The minimum Gasteiger partial charge on any atom is -0.269 e. The second-order valence-electron chi connectivity index (χ2n) is 4.39. The average Bonchev–Trinajstić information content (AvgIpc) is 2.15. The Morgan fingerprint density at radius 3 is 2.64 bits per heavy atom. The van der Waals surface area contributed by atoms with E-state index < -0.39 is 0 Å². The normalized spacial score (nSPS) is 34.8. The second-order valence-corrected chi connectivity index (χ2v) is 6.40. The first-order valence-corrected chi connectivity index (χ1v) is 7.11. The Morgan fingerprint density at radius 1 is 1.07 bits per heavy atom. The maximum absolute atomic E-state index is 4.62. The smallest absolute Gasteiger partial charge is 0.122 e. The Morgan fingerprint density at radius 2 is 1.79 bits per heavy atom. The standard InChI is InChI=1S/C11H19NS2/c13-11-12-9-6-4-2-1-3-5-7-10(8-9)14-11/h9-10H,1-8H2,(H,12,13). The summed E-state index contributed by atoms with van der Waals surface area (Å²) >= 11 is 6.32. The first kappa shape index (κ1) is 10.9. The van der Waals surface area contributed by atoms with Crippen molar-refractivity contribution in [3.63, 3.8) is 0 Å². The fourth-order valence-electron chi connectivity index (χ4n) is 2.38. The number of aliphatic imine (C=N–C) groups is 1. The van der Waals surface area contributed by atoms with Crippen LogP contribution in [0.5, 0.6) is 0 Å². The molecule has 1 fully saturated rings. The van der Waals surface area contributed by atoms with Crippen LogP contribution in [0.3, 0.4) is 0 Å². The zero-order chi connectivity index (χ0) is 9.80. The Labute approximate surface area is 96.6 Å². The molecular formula is C11H19NS2. The van der Waals surface area contributed by atoms with E-state index in [0.717, 1.165) is 9.63 Å². The molecule has 1 saturated carbocycles. The van der Waals surface area contributed by atoms with Crippen molar-refractivity contribution < 1.29 is 0 Å². The minimum absolute atomic E-state index is 0.590. The molecule has 2 unspecified atom stereocenters. The van der Waals surface area contributed by atoms with Gasteiger partial charge in [0.05, 0.1) is 6.04 Å². The summed E-state index contributed by atoms with van der Waals surface area (Å²) in [5.74, 6) is 0. The summed E-state index contributed by atoms with van der Waals surface area (Å²) in [6.45, 7) is 0. The molecule has 0 spiro atoms. The lowest BCUT2D eigenvalue weighted by Gasteiger charge is -2.26. The van der Waals surface area contributed by atoms with E-state index in [-0.39, 0.29) is 0 Å². The molecule has 2 aliphatic rings. The number of thioether (sulfide) groups is 1. The lowest BCUT2D eigenvalue weighted by Crippen LogP contribution is -2.21. The number of fused-ring (bicyclic) bond motifs is 2. The number of rotatable bonds is 0. The molecule has 0 aromatic heterocycles. The van der Waals surface area contributed by atoms with Crippen molar-refractivity contribution in [2.45, 2.75) is 62.7 Å². The maximum Gasteiger partial charge on any atom is 0.122 e. The van der Waals surface area contributed by atoms with E-state index >= 15 is 0 Å². The van der Waals surface area contributed by atoms with E-state index in [1.165, 1.54) is 51.4 Å². The first-order chi connectivity index (χ1) is 6.84. The van der Waals surface area contributed by atoms with E-state index in [0.29, 0.717) is 6.04 Å². The quantitative estimate of drug-likeness (QED) is 0.622. The van der Waals surface area contributed by atoms with Gasteiger partial charge in [0.15, 0.2) is 0 Å². The summed E-state index contributed by atoms with van der Waals surface area (Å²) < 4.78 is 1.03. The zero-order valence-corrected chi connectivity index (χ0v) is 10.3. The average molecular weight is 229 g/mol. The Kier molecular flexibility index (Phi) is 4.24. The third-order valence-corrected chi connectivity index (χ3v) is 4.67. The van der Waals surface area contributed by atoms with Crippen molar-refractivity contribution in [1.82, 2.24) is 0 Å². The van der Waals surface area contributed by atoms with Crippen LogP contribution in [0, 0.1) is 0 Å². The Hall–Kier alpha value is 0.370. The largest absolute Gasteiger partial charge is 0.269 e. The monoisotopic (exact) mass is 229 g/mol. The summed E-state index contributed by atoms with van der Waals surface area (Å²) in [5, 5.41) is 0.808. The molecule has 0 amide bonds. The first-order valence-electron chi connectivity index (χ1n) is 5.78. The van der Waals surface area contributed by atoms with Crippen LogP contribution in [-0.4, -0.2) is 15.7 Å². The number of hydrogen-bond acceptors (Lipinski definition) is 2. The van der Waals surface area contributed by atoms with Crippen LogP contribution in [0.1, 0.15) is 51.4 Å². The van der Waals surface area contributed by atoms with E-state index in [4.69, 9.17) is 0 Å². The van der Waals surface area contributed by atoms with E-state index in [1.807, 2.05) is 11.8 Å². The molecule has 1 aliphatic carbocycles. The molecule has 2 rings (SSSR count). The fraction of sp³-hybridized carbons (Fsp3) is 0.909. The van der Waals surface area contributed by atoms with Crippen LogP contribution in [-0.2, 0) is 0 Å². The maximum atomic E-state index is 4.62. The molecule has 0 saturated heterocycles. The molecular weight excluding hydrogens is 210 g/mol. The predicted molar refractivity (Wildman–Crippen MR) is 68.5 cm³/mol. The van der Waals surface area contributed by atoms with Gasteiger partial charge >= 0.3 is 0 Å². The molecule has 0 aromatic rings.